The van der Waals surface area contributed by atoms with Crippen molar-refractivity contribution >= 4 is 23.2 Å². The van der Waals surface area contributed by atoms with Gasteiger partial charge in [0, 0.05) is 38.0 Å². The van der Waals surface area contributed by atoms with E-state index in [1.807, 2.05) is 23.6 Å². The highest BCUT2D eigenvalue weighted by Crippen LogP contribution is 2.14. The first-order valence-corrected chi connectivity index (χ1v) is 7.76. The summed E-state index contributed by atoms with van der Waals surface area (Å²) in [5.74, 6) is 0.905. The molecule has 0 saturated heterocycles. The Balaban J connectivity index is 1.64. The van der Waals surface area contributed by atoms with Crippen LogP contribution in [0.5, 0.6) is 0 Å². The van der Waals surface area contributed by atoms with Crippen LogP contribution in [0, 0.1) is 6.92 Å². The molecular weight excluding hydrogens is 314 g/mol. The van der Waals surface area contributed by atoms with Crippen molar-refractivity contribution < 1.29 is 4.79 Å². The summed E-state index contributed by atoms with van der Waals surface area (Å²) in [5.41, 5.74) is 2.74. The number of carbonyl (C=O) groups is 1. The van der Waals surface area contributed by atoms with Crippen molar-refractivity contribution in [3.05, 3.63) is 53.0 Å². The summed E-state index contributed by atoms with van der Waals surface area (Å²) in [5, 5.41) is 0.638. The Hall–Kier alpha value is -2.34. The number of hydrogen-bond donors (Lipinski definition) is 1. The van der Waals surface area contributed by atoms with Crippen molar-refractivity contribution in [3.63, 3.8) is 0 Å². The van der Waals surface area contributed by atoms with Gasteiger partial charge in [-0.3, -0.25) is 4.79 Å². The largest absolute Gasteiger partial charge is 0.346 e. The Bertz CT molecular complexity index is 838. The molecule has 0 aliphatic carbocycles. The Labute approximate surface area is 139 Å². The van der Waals surface area contributed by atoms with Crippen LogP contribution in [0.1, 0.15) is 23.6 Å². The molecule has 3 aromatic heterocycles. The summed E-state index contributed by atoms with van der Waals surface area (Å²) in [6.45, 7) is 2.43. The molecule has 0 radical (unpaired) electrons. The molecule has 6 nitrogen and oxygen atoms in total. The number of aromatic amines is 1. The van der Waals surface area contributed by atoms with E-state index in [2.05, 4.69) is 15.0 Å². The van der Waals surface area contributed by atoms with Gasteiger partial charge in [0.15, 0.2) is 0 Å². The lowest BCUT2D eigenvalue weighted by Crippen LogP contribution is -2.27. The summed E-state index contributed by atoms with van der Waals surface area (Å²) in [6, 6.07) is 3.65. The highest BCUT2D eigenvalue weighted by molar-refractivity contribution is 6.30. The molecule has 120 valence electrons. The standard InChI is InChI=1S/C16H18ClN5O/c1-11-7-18-14(20-11)4-6-16(23)21(2)10-13-8-19-15-5-3-12(17)9-22(13)15/h3,5,7-9H,4,6,10H2,1-2H3,(H,18,20). The third-order valence-corrected chi connectivity index (χ3v) is 3.93. The number of amides is 1. The Kier molecular flexibility index (Phi) is 4.34. The van der Waals surface area contributed by atoms with Crippen LogP contribution in [0.15, 0.2) is 30.7 Å². The molecule has 7 heteroatoms. The first-order chi connectivity index (χ1) is 11.0. The van der Waals surface area contributed by atoms with E-state index < -0.39 is 0 Å². The number of H-pyrrole nitrogens is 1. The molecule has 0 bridgehead atoms. The van der Waals surface area contributed by atoms with E-state index >= 15 is 0 Å². The van der Waals surface area contributed by atoms with Crippen LogP contribution in [-0.2, 0) is 17.8 Å². The molecule has 1 amide bonds. The molecular formula is C16H18ClN5O. The van der Waals surface area contributed by atoms with Gasteiger partial charge in [-0.25, -0.2) is 9.97 Å². The highest BCUT2D eigenvalue weighted by atomic mass is 35.5. The van der Waals surface area contributed by atoms with E-state index in [1.165, 1.54) is 0 Å². The molecule has 1 N–H and O–H groups in total. The normalized spacial score (nSPS) is 11.1. The second kappa shape index (κ2) is 6.42. The quantitative estimate of drug-likeness (QED) is 0.781. The van der Waals surface area contributed by atoms with Crippen LogP contribution < -0.4 is 0 Å². The zero-order chi connectivity index (χ0) is 16.4. The van der Waals surface area contributed by atoms with Gasteiger partial charge in [0.2, 0.25) is 5.91 Å². The number of pyridine rings is 1. The van der Waals surface area contributed by atoms with Gasteiger partial charge in [-0.1, -0.05) is 11.6 Å². The van der Waals surface area contributed by atoms with Crippen LogP contribution in [0.3, 0.4) is 0 Å². The number of nitrogens with zero attached hydrogens (tertiary/aromatic N) is 4. The summed E-state index contributed by atoms with van der Waals surface area (Å²) in [7, 11) is 1.79. The number of aromatic nitrogens is 4. The lowest BCUT2D eigenvalue weighted by molar-refractivity contribution is -0.130. The summed E-state index contributed by atoms with van der Waals surface area (Å²) in [6.07, 6.45) is 6.37. The number of hydrogen-bond acceptors (Lipinski definition) is 3. The highest BCUT2D eigenvalue weighted by Gasteiger charge is 2.13. The molecule has 3 rings (SSSR count). The number of rotatable bonds is 5. The molecule has 0 spiro atoms. The fourth-order valence-electron chi connectivity index (χ4n) is 2.46. The number of fused-ring (bicyclic) bond motifs is 1. The monoisotopic (exact) mass is 331 g/mol. The van der Waals surface area contributed by atoms with Crippen LogP contribution in [0.2, 0.25) is 5.02 Å². The van der Waals surface area contributed by atoms with Gasteiger partial charge in [-0.15, -0.1) is 0 Å². The maximum atomic E-state index is 12.3. The number of halogens is 1. The summed E-state index contributed by atoms with van der Waals surface area (Å²) in [4.78, 5) is 25.6. The first-order valence-electron chi connectivity index (χ1n) is 7.39. The second-order valence-corrected chi connectivity index (χ2v) is 6.02. The fourth-order valence-corrected chi connectivity index (χ4v) is 2.62. The van der Waals surface area contributed by atoms with Gasteiger partial charge in [-0.05, 0) is 19.1 Å². The molecule has 0 fully saturated rings. The molecule has 0 aromatic carbocycles. The first kappa shape index (κ1) is 15.6. The lowest BCUT2D eigenvalue weighted by atomic mass is 10.2. The molecule has 3 aromatic rings. The van der Waals surface area contributed by atoms with Gasteiger partial charge in [0.1, 0.15) is 11.5 Å². The number of carbonyl (C=O) groups excluding carboxylic acids is 1. The van der Waals surface area contributed by atoms with Crippen molar-refractivity contribution in [2.45, 2.75) is 26.3 Å². The Morgan fingerprint density at radius 1 is 1.35 bits per heavy atom. The Morgan fingerprint density at radius 2 is 2.17 bits per heavy atom. The topological polar surface area (TPSA) is 66.3 Å². The van der Waals surface area contributed by atoms with Crippen LogP contribution in [0.25, 0.3) is 5.65 Å². The van der Waals surface area contributed by atoms with E-state index in [4.69, 9.17) is 11.6 Å². The average molecular weight is 332 g/mol. The van der Waals surface area contributed by atoms with Crippen molar-refractivity contribution in [1.29, 1.82) is 0 Å². The predicted molar refractivity (Wildman–Crippen MR) is 88.3 cm³/mol. The fraction of sp³-hybridized carbons (Fsp3) is 0.312. The van der Waals surface area contributed by atoms with Crippen molar-refractivity contribution in [1.82, 2.24) is 24.3 Å². The maximum absolute atomic E-state index is 12.3. The van der Waals surface area contributed by atoms with Gasteiger partial charge >= 0.3 is 0 Å². The zero-order valence-electron chi connectivity index (χ0n) is 13.1. The summed E-state index contributed by atoms with van der Waals surface area (Å²) < 4.78 is 1.90. The molecule has 0 aliphatic heterocycles. The van der Waals surface area contributed by atoms with Crippen molar-refractivity contribution in [2.75, 3.05) is 7.05 Å². The minimum Gasteiger partial charge on any atom is -0.346 e. The zero-order valence-corrected chi connectivity index (χ0v) is 13.8. The van der Waals surface area contributed by atoms with Gasteiger partial charge in [-0.2, -0.15) is 0 Å². The van der Waals surface area contributed by atoms with E-state index in [0.29, 0.717) is 24.4 Å². The van der Waals surface area contributed by atoms with Crippen LogP contribution in [-0.4, -0.2) is 37.2 Å². The molecule has 0 aliphatic rings. The van der Waals surface area contributed by atoms with Crippen molar-refractivity contribution in [2.24, 2.45) is 0 Å². The molecule has 23 heavy (non-hydrogen) atoms. The predicted octanol–water partition coefficient (Wildman–Crippen LogP) is 2.61. The van der Waals surface area contributed by atoms with Crippen molar-refractivity contribution in [3.8, 4) is 0 Å². The number of aryl methyl sites for hydroxylation is 2. The van der Waals surface area contributed by atoms with E-state index in [-0.39, 0.29) is 5.91 Å². The SMILES string of the molecule is Cc1cnc(CCC(=O)N(C)Cc2cnc3ccc(Cl)cn23)[nH]1. The van der Waals surface area contributed by atoms with Crippen LogP contribution in [0.4, 0.5) is 0 Å². The Morgan fingerprint density at radius 3 is 2.91 bits per heavy atom. The average Bonchev–Trinajstić information content (AvgIpc) is 3.11. The third-order valence-electron chi connectivity index (χ3n) is 3.70. The van der Waals surface area contributed by atoms with Crippen LogP contribution >= 0.6 is 11.6 Å². The van der Waals surface area contributed by atoms with E-state index in [1.54, 1.807) is 30.4 Å². The van der Waals surface area contributed by atoms with Gasteiger partial charge in [0.05, 0.1) is 23.5 Å². The molecule has 3 heterocycles. The minimum atomic E-state index is 0.0658. The van der Waals surface area contributed by atoms with Gasteiger partial charge < -0.3 is 14.3 Å². The maximum Gasteiger partial charge on any atom is 0.223 e. The lowest BCUT2D eigenvalue weighted by Gasteiger charge is -2.16. The minimum absolute atomic E-state index is 0.0658. The number of nitrogens with one attached hydrogen (secondary N) is 1. The number of imidazole rings is 2. The molecule has 0 atom stereocenters. The second-order valence-electron chi connectivity index (χ2n) is 5.59. The third kappa shape index (κ3) is 3.53. The van der Waals surface area contributed by atoms with Gasteiger partial charge in [0.25, 0.3) is 0 Å². The molecule has 0 unspecified atom stereocenters. The summed E-state index contributed by atoms with van der Waals surface area (Å²) >= 11 is 6.03. The van der Waals surface area contributed by atoms with E-state index in [9.17, 15) is 4.79 Å². The molecule has 0 saturated carbocycles. The smallest absolute Gasteiger partial charge is 0.223 e. The van der Waals surface area contributed by atoms with E-state index in [0.717, 1.165) is 22.9 Å².